The number of fused-ring (bicyclic) bond motifs is 1. The quantitative estimate of drug-likeness (QED) is 0.833. The van der Waals surface area contributed by atoms with E-state index in [-0.39, 0.29) is 5.56 Å². The van der Waals surface area contributed by atoms with Crippen molar-refractivity contribution in [3.8, 4) is 0 Å². The molecule has 0 bridgehead atoms. The highest BCUT2D eigenvalue weighted by atomic mass is 79.9. The molecule has 0 saturated heterocycles. The van der Waals surface area contributed by atoms with Crippen LogP contribution in [-0.2, 0) is 0 Å². The van der Waals surface area contributed by atoms with Gasteiger partial charge < -0.3 is 9.63 Å². The minimum atomic E-state index is -0.985. The van der Waals surface area contributed by atoms with E-state index in [9.17, 15) is 4.79 Å². The molecule has 0 unspecified atom stereocenters. The van der Waals surface area contributed by atoms with Crippen molar-refractivity contribution in [1.82, 2.24) is 5.16 Å². The van der Waals surface area contributed by atoms with E-state index in [4.69, 9.17) is 9.63 Å². The van der Waals surface area contributed by atoms with Gasteiger partial charge in [-0.15, -0.1) is 0 Å². The number of aromatic nitrogens is 1. The first-order valence-electron chi connectivity index (χ1n) is 3.46. The summed E-state index contributed by atoms with van der Waals surface area (Å²) in [5.74, 6) is -0.985. The number of benzene rings is 1. The van der Waals surface area contributed by atoms with Gasteiger partial charge in [0.15, 0.2) is 5.58 Å². The molecule has 0 amide bonds. The monoisotopic (exact) mass is 241 g/mol. The largest absolute Gasteiger partial charge is 0.478 e. The molecule has 0 aliphatic heterocycles. The maximum Gasteiger partial charge on any atom is 0.336 e. The molecular weight excluding hydrogens is 238 g/mol. The number of aromatic carboxylic acids is 1. The number of carboxylic acids is 1. The Labute approximate surface area is 81.3 Å². The summed E-state index contributed by atoms with van der Waals surface area (Å²) < 4.78 is 5.58. The van der Waals surface area contributed by atoms with E-state index in [1.165, 1.54) is 12.3 Å². The lowest BCUT2D eigenvalue weighted by Gasteiger charge is -1.95. The molecule has 2 aromatic rings. The molecule has 5 heteroatoms. The molecule has 0 radical (unpaired) electrons. The van der Waals surface area contributed by atoms with Gasteiger partial charge in [0.25, 0.3) is 0 Å². The topological polar surface area (TPSA) is 63.3 Å². The number of hydrogen-bond donors (Lipinski definition) is 1. The summed E-state index contributed by atoms with van der Waals surface area (Å²) in [7, 11) is 0. The van der Waals surface area contributed by atoms with E-state index >= 15 is 0 Å². The molecular formula is C8H4BrNO3. The molecule has 0 atom stereocenters. The smallest absolute Gasteiger partial charge is 0.336 e. The Balaban J connectivity index is 2.86. The van der Waals surface area contributed by atoms with Crippen molar-refractivity contribution in [2.24, 2.45) is 0 Å². The van der Waals surface area contributed by atoms with Crippen molar-refractivity contribution in [2.75, 3.05) is 0 Å². The highest BCUT2D eigenvalue weighted by Gasteiger charge is 2.13. The maximum atomic E-state index is 10.7. The van der Waals surface area contributed by atoms with Crippen LogP contribution in [0.15, 0.2) is 27.3 Å². The molecule has 0 saturated carbocycles. The third-order valence-corrected chi connectivity index (χ3v) is 2.33. The fourth-order valence-corrected chi connectivity index (χ4v) is 1.53. The molecule has 66 valence electrons. The summed E-state index contributed by atoms with van der Waals surface area (Å²) in [4.78, 5) is 10.7. The second-order valence-electron chi connectivity index (χ2n) is 2.47. The molecule has 1 N–H and O–H groups in total. The van der Waals surface area contributed by atoms with Crippen molar-refractivity contribution < 1.29 is 14.4 Å². The van der Waals surface area contributed by atoms with Crippen LogP contribution in [0.4, 0.5) is 0 Å². The van der Waals surface area contributed by atoms with Crippen molar-refractivity contribution >= 4 is 32.9 Å². The van der Waals surface area contributed by atoms with Crippen molar-refractivity contribution in [1.29, 1.82) is 0 Å². The van der Waals surface area contributed by atoms with Gasteiger partial charge in [-0.3, -0.25) is 0 Å². The number of rotatable bonds is 1. The van der Waals surface area contributed by atoms with Crippen LogP contribution in [0.5, 0.6) is 0 Å². The molecule has 0 aliphatic carbocycles. The van der Waals surface area contributed by atoms with E-state index in [2.05, 4.69) is 21.1 Å². The molecule has 0 fully saturated rings. The van der Waals surface area contributed by atoms with Crippen LogP contribution >= 0.6 is 15.9 Å². The highest BCUT2D eigenvalue weighted by molar-refractivity contribution is 9.10. The van der Waals surface area contributed by atoms with Crippen LogP contribution in [0.3, 0.4) is 0 Å². The van der Waals surface area contributed by atoms with Crippen LogP contribution in [0, 0.1) is 0 Å². The molecule has 0 spiro atoms. The Morgan fingerprint density at radius 1 is 1.54 bits per heavy atom. The first-order valence-corrected chi connectivity index (χ1v) is 4.25. The van der Waals surface area contributed by atoms with Crippen molar-refractivity contribution in [2.45, 2.75) is 0 Å². The van der Waals surface area contributed by atoms with Gasteiger partial charge in [-0.1, -0.05) is 5.16 Å². The molecule has 4 nitrogen and oxygen atoms in total. The van der Waals surface area contributed by atoms with E-state index < -0.39 is 5.97 Å². The zero-order valence-electron chi connectivity index (χ0n) is 6.32. The Morgan fingerprint density at radius 3 is 3.00 bits per heavy atom. The van der Waals surface area contributed by atoms with E-state index in [1.807, 2.05) is 0 Å². The van der Waals surface area contributed by atoms with Gasteiger partial charge >= 0.3 is 5.97 Å². The summed E-state index contributed by atoms with van der Waals surface area (Å²) in [5, 5.41) is 12.8. The lowest BCUT2D eigenvalue weighted by molar-refractivity contribution is 0.0699. The van der Waals surface area contributed by atoms with Crippen LogP contribution in [-0.4, -0.2) is 16.2 Å². The molecule has 0 aliphatic rings. The van der Waals surface area contributed by atoms with Crippen LogP contribution in [0.25, 0.3) is 11.0 Å². The van der Waals surface area contributed by atoms with Gasteiger partial charge in [0, 0.05) is 0 Å². The van der Waals surface area contributed by atoms with Crippen LogP contribution in [0.1, 0.15) is 10.4 Å². The van der Waals surface area contributed by atoms with Gasteiger partial charge in [0.2, 0.25) is 0 Å². The average Bonchev–Trinajstić information content (AvgIpc) is 2.53. The van der Waals surface area contributed by atoms with E-state index in [0.717, 1.165) is 0 Å². The van der Waals surface area contributed by atoms with E-state index in [1.54, 1.807) is 6.07 Å². The zero-order chi connectivity index (χ0) is 9.42. The zero-order valence-corrected chi connectivity index (χ0v) is 7.91. The first kappa shape index (κ1) is 8.25. The number of carboxylic acid groups (broad SMARTS) is 1. The van der Waals surface area contributed by atoms with Crippen LogP contribution < -0.4 is 0 Å². The second-order valence-corrected chi connectivity index (χ2v) is 3.32. The number of hydrogen-bond acceptors (Lipinski definition) is 3. The first-order chi connectivity index (χ1) is 6.20. The fraction of sp³-hybridized carbons (Fsp3) is 0. The second kappa shape index (κ2) is 2.85. The lowest BCUT2D eigenvalue weighted by Crippen LogP contribution is -1.95. The molecule has 1 heterocycles. The van der Waals surface area contributed by atoms with Crippen LogP contribution in [0.2, 0.25) is 0 Å². The fourth-order valence-electron chi connectivity index (χ4n) is 1.11. The standard InChI is InChI=1S/C8H4BrNO3/c9-6-2-1-4(8(11)12)5-3-10-13-7(5)6/h1-3H,(H,11,12). The molecule has 2 rings (SSSR count). The normalized spacial score (nSPS) is 10.5. The number of halogens is 1. The number of nitrogens with zero attached hydrogens (tertiary/aromatic N) is 1. The van der Waals surface area contributed by atoms with Gasteiger partial charge in [-0.05, 0) is 28.1 Å². The highest BCUT2D eigenvalue weighted by Crippen LogP contribution is 2.26. The Bertz CT molecular complexity index is 477. The summed E-state index contributed by atoms with van der Waals surface area (Å²) in [6.45, 7) is 0. The van der Waals surface area contributed by atoms with Gasteiger partial charge in [-0.25, -0.2) is 4.79 Å². The summed E-state index contributed by atoms with van der Waals surface area (Å²) in [5.41, 5.74) is 0.652. The van der Waals surface area contributed by atoms with E-state index in [0.29, 0.717) is 15.4 Å². The third kappa shape index (κ3) is 1.21. The van der Waals surface area contributed by atoms with Gasteiger partial charge in [0.1, 0.15) is 0 Å². The number of carbonyl (C=O) groups is 1. The Morgan fingerprint density at radius 2 is 2.31 bits per heavy atom. The molecule has 1 aromatic carbocycles. The predicted octanol–water partition coefficient (Wildman–Crippen LogP) is 2.29. The SMILES string of the molecule is O=C(O)c1ccc(Br)c2oncc12. The summed E-state index contributed by atoms with van der Waals surface area (Å²) in [6, 6.07) is 3.13. The van der Waals surface area contributed by atoms with Crippen molar-refractivity contribution in [3.05, 3.63) is 28.4 Å². The molecule has 1 aromatic heterocycles. The minimum absolute atomic E-state index is 0.194. The summed E-state index contributed by atoms with van der Waals surface area (Å²) >= 11 is 3.23. The van der Waals surface area contributed by atoms with Gasteiger partial charge in [0.05, 0.1) is 21.6 Å². The Hall–Kier alpha value is -1.36. The van der Waals surface area contributed by atoms with Gasteiger partial charge in [-0.2, -0.15) is 0 Å². The summed E-state index contributed by atoms with van der Waals surface area (Å²) in [6.07, 6.45) is 1.39. The minimum Gasteiger partial charge on any atom is -0.478 e. The third-order valence-electron chi connectivity index (χ3n) is 1.70. The average molecular weight is 242 g/mol. The predicted molar refractivity (Wildman–Crippen MR) is 48.7 cm³/mol. The Kier molecular flexibility index (Phi) is 1.81. The molecule has 13 heavy (non-hydrogen) atoms. The maximum absolute atomic E-state index is 10.7. The lowest BCUT2D eigenvalue weighted by atomic mass is 10.1. The van der Waals surface area contributed by atoms with Crippen molar-refractivity contribution in [3.63, 3.8) is 0 Å².